The molecular weight excluding hydrogens is 509 g/mol. The van der Waals surface area contributed by atoms with Crippen molar-refractivity contribution in [3.63, 3.8) is 0 Å². The summed E-state index contributed by atoms with van der Waals surface area (Å²) < 4.78 is 30.7. The number of fused-ring (bicyclic) bond motifs is 1. The van der Waals surface area contributed by atoms with Gasteiger partial charge in [-0.15, -0.1) is 11.8 Å². The van der Waals surface area contributed by atoms with E-state index >= 15 is 0 Å². The standard InChI is InChI=1S/C29H28FNO6S/c1-17-22(11-18-12-25(35-2)29(26(13-18)36-3)38-10-8-28(33)34)21-7-6-19(30)14-24(21)23(17)15-27(32)31-16-20-5-4-9-37-20/h4-7,9,11-14H,8,10,15-16H2,1-3H3,(H,31,32)(H,33,34). The number of carboxylic acids is 1. The predicted octanol–water partition coefficient (Wildman–Crippen LogP) is 6.04. The lowest BCUT2D eigenvalue weighted by Crippen LogP contribution is -2.22. The number of ether oxygens (including phenoxy) is 2. The number of carbonyl (C=O) groups is 2. The molecule has 1 aliphatic rings. The van der Waals surface area contributed by atoms with E-state index in [1.165, 1.54) is 23.9 Å². The van der Waals surface area contributed by atoms with Gasteiger partial charge >= 0.3 is 5.97 Å². The van der Waals surface area contributed by atoms with Crippen LogP contribution in [0.2, 0.25) is 0 Å². The number of hydrogen-bond donors (Lipinski definition) is 2. The van der Waals surface area contributed by atoms with Crippen molar-refractivity contribution in [3.8, 4) is 11.5 Å². The Kier molecular flexibility index (Phi) is 8.58. The first-order chi connectivity index (χ1) is 18.3. The number of carboxylic acid groups (broad SMARTS) is 1. The van der Waals surface area contributed by atoms with Gasteiger partial charge in [0, 0.05) is 5.75 Å². The minimum absolute atomic E-state index is 0.0119. The first kappa shape index (κ1) is 27.1. The zero-order valence-electron chi connectivity index (χ0n) is 21.3. The number of carbonyl (C=O) groups excluding carboxylic acids is 1. The second-order valence-corrected chi connectivity index (χ2v) is 9.74. The van der Waals surface area contributed by atoms with Crippen molar-refractivity contribution in [2.45, 2.75) is 31.2 Å². The van der Waals surface area contributed by atoms with Crippen LogP contribution in [0, 0.1) is 5.82 Å². The molecule has 1 aromatic heterocycles. The highest BCUT2D eigenvalue weighted by molar-refractivity contribution is 7.99. The van der Waals surface area contributed by atoms with E-state index in [0.717, 1.165) is 27.8 Å². The third-order valence-corrected chi connectivity index (χ3v) is 7.29. The van der Waals surface area contributed by atoms with Crippen LogP contribution in [-0.2, 0) is 16.1 Å². The topological polar surface area (TPSA) is 98.0 Å². The van der Waals surface area contributed by atoms with Crippen molar-refractivity contribution in [1.82, 2.24) is 5.32 Å². The van der Waals surface area contributed by atoms with E-state index in [-0.39, 0.29) is 31.1 Å². The van der Waals surface area contributed by atoms with E-state index < -0.39 is 5.97 Å². The SMILES string of the molecule is COc1cc(C=C2C(C)=C(CC(=O)NCc3ccco3)c3cc(F)ccc32)cc(OC)c1SCCC(=O)O. The quantitative estimate of drug-likeness (QED) is 0.288. The molecule has 0 bridgehead atoms. The molecule has 2 aromatic carbocycles. The first-order valence-corrected chi connectivity index (χ1v) is 12.9. The molecule has 0 fully saturated rings. The minimum atomic E-state index is -0.874. The van der Waals surface area contributed by atoms with Crippen molar-refractivity contribution in [1.29, 1.82) is 0 Å². The second kappa shape index (κ2) is 12.0. The number of allylic oxidation sites excluding steroid dienone is 2. The summed E-state index contributed by atoms with van der Waals surface area (Å²) in [7, 11) is 3.09. The van der Waals surface area contributed by atoms with Crippen LogP contribution >= 0.6 is 11.8 Å². The van der Waals surface area contributed by atoms with E-state index in [1.807, 2.05) is 25.1 Å². The van der Waals surface area contributed by atoms with Crippen LogP contribution in [-0.4, -0.2) is 37.0 Å². The molecule has 0 saturated carbocycles. The van der Waals surface area contributed by atoms with Gasteiger partial charge in [0.15, 0.2) is 0 Å². The van der Waals surface area contributed by atoms with E-state index in [2.05, 4.69) is 5.32 Å². The van der Waals surface area contributed by atoms with E-state index in [9.17, 15) is 14.0 Å². The van der Waals surface area contributed by atoms with E-state index in [1.54, 1.807) is 38.7 Å². The maximum Gasteiger partial charge on any atom is 0.304 e. The van der Waals surface area contributed by atoms with Gasteiger partial charge in [-0.2, -0.15) is 0 Å². The number of aliphatic carboxylic acids is 1. The van der Waals surface area contributed by atoms with Gasteiger partial charge in [0.05, 0.1) is 44.8 Å². The van der Waals surface area contributed by atoms with Crippen LogP contribution in [0.3, 0.4) is 0 Å². The highest BCUT2D eigenvalue weighted by atomic mass is 32.2. The summed E-state index contributed by atoms with van der Waals surface area (Å²) in [5.74, 6) is 0.687. The molecule has 4 rings (SSSR count). The fourth-order valence-corrected chi connectivity index (χ4v) is 5.39. The summed E-state index contributed by atoms with van der Waals surface area (Å²) >= 11 is 1.35. The number of amides is 1. The zero-order valence-corrected chi connectivity index (χ0v) is 22.1. The highest BCUT2D eigenvalue weighted by Crippen LogP contribution is 2.45. The Morgan fingerprint density at radius 3 is 2.47 bits per heavy atom. The van der Waals surface area contributed by atoms with Gasteiger partial charge < -0.3 is 24.3 Å². The van der Waals surface area contributed by atoms with E-state index in [0.29, 0.717) is 33.5 Å². The Balaban J connectivity index is 1.67. The lowest BCUT2D eigenvalue weighted by Gasteiger charge is -2.14. The Bertz CT molecular complexity index is 1390. The number of furan rings is 1. The number of nitrogens with one attached hydrogen (secondary N) is 1. The number of hydrogen-bond acceptors (Lipinski definition) is 6. The van der Waals surface area contributed by atoms with Gasteiger partial charge in [-0.25, -0.2) is 4.39 Å². The van der Waals surface area contributed by atoms with Crippen molar-refractivity contribution in [2.75, 3.05) is 20.0 Å². The van der Waals surface area contributed by atoms with Gasteiger partial charge in [-0.3, -0.25) is 9.59 Å². The maximum atomic E-state index is 14.3. The summed E-state index contributed by atoms with van der Waals surface area (Å²) in [6.45, 7) is 2.19. The molecule has 9 heteroatoms. The van der Waals surface area contributed by atoms with Crippen LogP contribution in [0.4, 0.5) is 4.39 Å². The smallest absolute Gasteiger partial charge is 0.304 e. The molecule has 38 heavy (non-hydrogen) atoms. The molecule has 198 valence electrons. The molecule has 0 spiro atoms. The third kappa shape index (κ3) is 6.11. The Morgan fingerprint density at radius 1 is 1.11 bits per heavy atom. The van der Waals surface area contributed by atoms with Gasteiger partial charge in [-0.1, -0.05) is 6.07 Å². The molecule has 0 radical (unpaired) electrons. The van der Waals surface area contributed by atoms with Crippen LogP contribution in [0.15, 0.2) is 63.6 Å². The van der Waals surface area contributed by atoms with Crippen LogP contribution < -0.4 is 14.8 Å². The first-order valence-electron chi connectivity index (χ1n) is 11.9. The van der Waals surface area contributed by atoms with Crippen LogP contribution in [0.5, 0.6) is 11.5 Å². The van der Waals surface area contributed by atoms with Crippen molar-refractivity contribution in [3.05, 3.63) is 82.6 Å². The molecule has 1 heterocycles. The molecule has 1 aliphatic carbocycles. The molecule has 1 amide bonds. The number of halogens is 1. The van der Waals surface area contributed by atoms with Crippen LogP contribution in [0.1, 0.15) is 42.2 Å². The number of benzene rings is 2. The lowest BCUT2D eigenvalue weighted by atomic mass is 10.0. The maximum absolute atomic E-state index is 14.3. The number of methoxy groups -OCH3 is 2. The van der Waals surface area contributed by atoms with Gasteiger partial charge in [0.25, 0.3) is 0 Å². The molecule has 0 atom stereocenters. The summed E-state index contributed by atoms with van der Waals surface area (Å²) in [5, 5.41) is 11.8. The Hall–Kier alpha value is -3.98. The largest absolute Gasteiger partial charge is 0.495 e. The molecule has 0 saturated heterocycles. The molecular formula is C29H28FNO6S. The normalized spacial score (nSPS) is 13.5. The predicted molar refractivity (Wildman–Crippen MR) is 145 cm³/mol. The average Bonchev–Trinajstić information content (AvgIpc) is 3.50. The summed E-state index contributed by atoms with van der Waals surface area (Å²) in [5.41, 5.74) is 4.79. The molecule has 0 unspecified atom stereocenters. The summed E-state index contributed by atoms with van der Waals surface area (Å²) in [6.07, 6.45) is 3.60. The molecule has 2 N–H and O–H groups in total. The third-order valence-electron chi connectivity index (χ3n) is 6.19. The molecule has 7 nitrogen and oxygen atoms in total. The summed E-state index contributed by atoms with van der Waals surface area (Å²) in [4.78, 5) is 24.4. The van der Waals surface area contributed by atoms with Crippen molar-refractivity contribution in [2.24, 2.45) is 0 Å². The van der Waals surface area contributed by atoms with Crippen molar-refractivity contribution >= 4 is 40.9 Å². The van der Waals surface area contributed by atoms with Gasteiger partial charge in [-0.05, 0) is 82.8 Å². The van der Waals surface area contributed by atoms with Gasteiger partial charge in [0.2, 0.25) is 5.91 Å². The lowest BCUT2D eigenvalue weighted by molar-refractivity contribution is -0.136. The number of thioether (sulfide) groups is 1. The highest BCUT2D eigenvalue weighted by Gasteiger charge is 2.26. The van der Waals surface area contributed by atoms with Crippen molar-refractivity contribution < 1.29 is 33.0 Å². The molecule has 3 aromatic rings. The Morgan fingerprint density at radius 2 is 1.84 bits per heavy atom. The van der Waals surface area contributed by atoms with Gasteiger partial charge in [0.1, 0.15) is 23.1 Å². The minimum Gasteiger partial charge on any atom is -0.495 e. The fraction of sp³-hybridized carbons (Fsp3) is 0.241. The Labute approximate surface area is 224 Å². The fourth-order valence-electron chi connectivity index (χ4n) is 4.34. The van der Waals surface area contributed by atoms with Crippen LogP contribution in [0.25, 0.3) is 17.2 Å². The average molecular weight is 538 g/mol. The molecule has 0 aliphatic heterocycles. The summed E-state index contributed by atoms with van der Waals surface area (Å²) in [6, 6.07) is 11.8. The number of rotatable bonds is 11. The zero-order chi connectivity index (χ0) is 27.2. The second-order valence-electron chi connectivity index (χ2n) is 8.63. The monoisotopic (exact) mass is 537 g/mol. The van der Waals surface area contributed by atoms with E-state index in [4.69, 9.17) is 19.0 Å².